The molecule has 8 nitrogen and oxygen atoms in total. The Morgan fingerprint density at radius 1 is 1.09 bits per heavy atom. The second-order valence-electron chi connectivity index (χ2n) is 7.57. The van der Waals surface area contributed by atoms with Crippen molar-refractivity contribution in [2.75, 3.05) is 11.1 Å². The molecule has 9 heteroatoms. The molecule has 0 fully saturated rings. The highest BCUT2D eigenvalue weighted by Gasteiger charge is 2.18. The fourth-order valence-electron chi connectivity index (χ4n) is 3.47. The maximum absolute atomic E-state index is 12.8. The van der Waals surface area contributed by atoms with Gasteiger partial charge in [-0.2, -0.15) is 5.10 Å². The van der Waals surface area contributed by atoms with Gasteiger partial charge in [-0.1, -0.05) is 35.5 Å². The molecule has 3 aromatic heterocycles. The highest BCUT2D eigenvalue weighted by Crippen LogP contribution is 2.26. The molecule has 168 valence electrons. The number of thioether (sulfide) groups is 1. The van der Waals surface area contributed by atoms with E-state index in [0.29, 0.717) is 17.5 Å². The third-order valence-corrected chi connectivity index (χ3v) is 6.10. The van der Waals surface area contributed by atoms with Crippen LogP contribution in [-0.4, -0.2) is 41.2 Å². The molecule has 0 saturated heterocycles. The molecule has 0 unspecified atom stereocenters. The smallest absolute Gasteiger partial charge is 0.234 e. The Balaban J connectivity index is 1.48. The van der Waals surface area contributed by atoms with Crippen molar-refractivity contribution in [1.29, 1.82) is 0 Å². The van der Waals surface area contributed by atoms with Crippen LogP contribution in [0.1, 0.15) is 17.0 Å². The molecule has 0 aliphatic rings. The van der Waals surface area contributed by atoms with Crippen LogP contribution in [0.4, 0.5) is 5.69 Å². The first-order valence-corrected chi connectivity index (χ1v) is 11.5. The molecule has 0 atom stereocenters. The number of hydrogen-bond acceptors (Lipinski definition) is 6. The summed E-state index contributed by atoms with van der Waals surface area (Å²) < 4.78 is 3.78. The predicted octanol–water partition coefficient (Wildman–Crippen LogP) is 4.37. The Morgan fingerprint density at radius 2 is 1.82 bits per heavy atom. The molecule has 3 heterocycles. The summed E-state index contributed by atoms with van der Waals surface area (Å²) in [5.74, 6) is 0.778. The van der Waals surface area contributed by atoms with Gasteiger partial charge in [0.1, 0.15) is 0 Å². The molecule has 0 aliphatic carbocycles. The fourth-order valence-corrected chi connectivity index (χ4v) is 4.22. The first-order chi connectivity index (χ1) is 16.0. The van der Waals surface area contributed by atoms with E-state index in [0.717, 1.165) is 28.3 Å². The van der Waals surface area contributed by atoms with Gasteiger partial charge >= 0.3 is 0 Å². The number of pyridine rings is 1. The summed E-state index contributed by atoms with van der Waals surface area (Å²) in [7, 11) is 0. The molecular weight excluding hydrogens is 434 g/mol. The Hall–Kier alpha value is -3.72. The van der Waals surface area contributed by atoms with Crippen LogP contribution in [0.15, 0.2) is 66.6 Å². The predicted molar refractivity (Wildman–Crippen MR) is 131 cm³/mol. The van der Waals surface area contributed by atoms with Crippen LogP contribution in [0.3, 0.4) is 0 Å². The zero-order valence-corrected chi connectivity index (χ0v) is 19.6. The number of nitrogens with zero attached hydrogens (tertiary/aromatic N) is 6. The summed E-state index contributed by atoms with van der Waals surface area (Å²) >= 11 is 1.33. The van der Waals surface area contributed by atoms with Crippen molar-refractivity contribution in [3.63, 3.8) is 0 Å². The van der Waals surface area contributed by atoms with Crippen LogP contribution in [0.25, 0.3) is 17.1 Å². The van der Waals surface area contributed by atoms with Crippen LogP contribution in [0.2, 0.25) is 0 Å². The molecule has 1 amide bonds. The minimum atomic E-state index is -0.131. The van der Waals surface area contributed by atoms with E-state index in [1.54, 1.807) is 18.5 Å². The Kier molecular flexibility index (Phi) is 6.69. The van der Waals surface area contributed by atoms with Crippen LogP contribution < -0.4 is 5.32 Å². The highest BCUT2D eigenvalue weighted by molar-refractivity contribution is 7.99. The average Bonchev–Trinajstić information content (AvgIpc) is 3.35. The third-order valence-electron chi connectivity index (χ3n) is 5.13. The van der Waals surface area contributed by atoms with Gasteiger partial charge in [-0.05, 0) is 45.0 Å². The molecule has 0 bridgehead atoms. The minimum Gasteiger partial charge on any atom is -0.322 e. The summed E-state index contributed by atoms with van der Waals surface area (Å²) in [6, 6.07) is 11.9. The minimum absolute atomic E-state index is 0.131. The number of carbonyl (C=O) groups excluding carboxylic acids is 1. The van der Waals surface area contributed by atoms with Gasteiger partial charge in [0.25, 0.3) is 0 Å². The van der Waals surface area contributed by atoms with Gasteiger partial charge in [0.15, 0.2) is 11.0 Å². The number of aromatic nitrogens is 6. The maximum atomic E-state index is 12.8. The lowest BCUT2D eigenvalue weighted by Crippen LogP contribution is -2.16. The van der Waals surface area contributed by atoms with Crippen LogP contribution in [0, 0.1) is 20.8 Å². The Labute approximate surface area is 196 Å². The van der Waals surface area contributed by atoms with Crippen molar-refractivity contribution < 1.29 is 4.79 Å². The SMILES string of the molecule is C=CCn1c(SCC(=O)Nc2c(C)nn(-c3ccc(C)cc3)c2C)nnc1-c1ccncc1. The summed E-state index contributed by atoms with van der Waals surface area (Å²) in [4.78, 5) is 16.8. The van der Waals surface area contributed by atoms with Gasteiger partial charge in [0.05, 0.1) is 28.5 Å². The summed E-state index contributed by atoms with van der Waals surface area (Å²) in [6.45, 7) is 10.3. The molecule has 4 aromatic rings. The van der Waals surface area contributed by atoms with Crippen LogP contribution in [-0.2, 0) is 11.3 Å². The molecule has 0 saturated carbocycles. The molecular formula is C24H25N7OS. The van der Waals surface area contributed by atoms with Gasteiger partial charge in [-0.25, -0.2) is 4.68 Å². The molecule has 0 aliphatic heterocycles. The Bertz CT molecular complexity index is 1280. The van der Waals surface area contributed by atoms with Crippen molar-refractivity contribution in [1.82, 2.24) is 29.5 Å². The normalized spacial score (nSPS) is 10.9. The van der Waals surface area contributed by atoms with Gasteiger partial charge in [0.2, 0.25) is 5.91 Å². The average molecular weight is 460 g/mol. The van der Waals surface area contributed by atoms with E-state index in [9.17, 15) is 4.79 Å². The second-order valence-corrected chi connectivity index (χ2v) is 8.51. The number of carbonyl (C=O) groups is 1. The van der Waals surface area contributed by atoms with E-state index in [-0.39, 0.29) is 11.7 Å². The van der Waals surface area contributed by atoms with Crippen LogP contribution >= 0.6 is 11.8 Å². The van der Waals surface area contributed by atoms with Crippen molar-refractivity contribution in [2.45, 2.75) is 32.5 Å². The summed E-state index contributed by atoms with van der Waals surface area (Å²) in [6.07, 6.45) is 5.21. The number of allylic oxidation sites excluding steroid dienone is 1. The second kappa shape index (κ2) is 9.83. The van der Waals surface area contributed by atoms with Gasteiger partial charge in [-0.3, -0.25) is 14.3 Å². The quantitative estimate of drug-likeness (QED) is 0.311. The zero-order chi connectivity index (χ0) is 23.4. The van der Waals surface area contributed by atoms with Crippen molar-refractivity contribution >= 4 is 23.4 Å². The lowest BCUT2D eigenvalue weighted by atomic mass is 10.2. The summed E-state index contributed by atoms with van der Waals surface area (Å²) in [5, 5.41) is 16.9. The number of amides is 1. The number of rotatable bonds is 8. The van der Waals surface area contributed by atoms with E-state index >= 15 is 0 Å². The molecule has 0 spiro atoms. The van der Waals surface area contributed by atoms with Crippen molar-refractivity contribution in [3.8, 4) is 17.1 Å². The largest absolute Gasteiger partial charge is 0.322 e. The molecule has 4 rings (SSSR count). The first kappa shape index (κ1) is 22.5. The van der Waals surface area contributed by atoms with Crippen LogP contribution in [0.5, 0.6) is 0 Å². The number of benzene rings is 1. The van der Waals surface area contributed by atoms with Crippen molar-refractivity contribution in [3.05, 3.63) is 78.4 Å². The monoisotopic (exact) mass is 459 g/mol. The van der Waals surface area contributed by atoms with Gasteiger partial charge in [-0.15, -0.1) is 16.8 Å². The maximum Gasteiger partial charge on any atom is 0.234 e. The number of nitrogens with one attached hydrogen (secondary N) is 1. The van der Waals surface area contributed by atoms with Gasteiger partial charge in [0, 0.05) is 24.5 Å². The van der Waals surface area contributed by atoms with E-state index in [1.165, 1.54) is 17.3 Å². The van der Waals surface area contributed by atoms with E-state index in [1.807, 2.05) is 66.4 Å². The van der Waals surface area contributed by atoms with Crippen molar-refractivity contribution in [2.24, 2.45) is 0 Å². The standard InChI is InChI=1S/C24H25N7OS/c1-5-14-30-23(19-10-12-25-13-11-19)27-28-24(30)33-15-21(32)26-22-17(3)29-31(18(22)4)20-8-6-16(2)7-9-20/h5-13H,1,14-15H2,2-4H3,(H,26,32). The molecule has 1 aromatic carbocycles. The number of hydrogen-bond donors (Lipinski definition) is 1. The number of anilines is 1. The van der Waals surface area contributed by atoms with E-state index < -0.39 is 0 Å². The highest BCUT2D eigenvalue weighted by atomic mass is 32.2. The lowest BCUT2D eigenvalue weighted by Gasteiger charge is -2.09. The number of aryl methyl sites for hydroxylation is 2. The van der Waals surface area contributed by atoms with Gasteiger partial charge < -0.3 is 5.32 Å². The zero-order valence-electron chi connectivity index (χ0n) is 18.8. The molecule has 33 heavy (non-hydrogen) atoms. The third kappa shape index (κ3) is 4.88. The lowest BCUT2D eigenvalue weighted by molar-refractivity contribution is -0.113. The first-order valence-electron chi connectivity index (χ1n) is 10.5. The van der Waals surface area contributed by atoms with E-state index in [2.05, 4.69) is 32.2 Å². The van der Waals surface area contributed by atoms with E-state index in [4.69, 9.17) is 0 Å². The topological polar surface area (TPSA) is 90.5 Å². The fraction of sp³-hybridized carbons (Fsp3) is 0.208. The Morgan fingerprint density at radius 3 is 2.52 bits per heavy atom. The molecule has 0 radical (unpaired) electrons. The molecule has 1 N–H and O–H groups in total. The summed E-state index contributed by atoms with van der Waals surface area (Å²) in [5.41, 5.74) is 5.42.